The quantitative estimate of drug-likeness (QED) is 0.320. The van der Waals surface area contributed by atoms with Gasteiger partial charge < -0.3 is 10.1 Å². The summed E-state index contributed by atoms with van der Waals surface area (Å²) in [5.74, 6) is -0.670. The number of aromatic nitrogens is 2. The van der Waals surface area contributed by atoms with Crippen molar-refractivity contribution < 1.29 is 9.90 Å². The van der Waals surface area contributed by atoms with Gasteiger partial charge in [0.2, 0.25) is 0 Å². The number of aliphatic carboxylic acids is 1. The number of hydrogen-bond donors (Lipinski definition) is 2. The lowest BCUT2D eigenvalue weighted by atomic mass is 9.97. The van der Waals surface area contributed by atoms with Gasteiger partial charge in [-0.1, -0.05) is 81.1 Å². The largest absolute Gasteiger partial charge is 0.481 e. The molecule has 0 aliphatic heterocycles. The lowest BCUT2D eigenvalue weighted by Gasteiger charge is -2.07. The van der Waals surface area contributed by atoms with Crippen molar-refractivity contribution >= 4 is 43.2 Å². The normalized spacial score (nSPS) is 8.72. The van der Waals surface area contributed by atoms with E-state index in [0.29, 0.717) is 6.42 Å². The van der Waals surface area contributed by atoms with Crippen LogP contribution in [-0.2, 0) is 4.79 Å². The van der Waals surface area contributed by atoms with Crippen molar-refractivity contribution in [2.24, 2.45) is 0 Å². The van der Waals surface area contributed by atoms with Crippen LogP contribution in [-0.4, -0.2) is 21.0 Å². The maximum atomic E-state index is 10.0. The monoisotopic (exact) mass is 502 g/mol. The minimum Gasteiger partial charge on any atom is -0.481 e. The Labute approximate surface area is 211 Å². The summed E-state index contributed by atoms with van der Waals surface area (Å²) in [6.07, 6.45) is 11.0. The van der Waals surface area contributed by atoms with Gasteiger partial charge in [0.1, 0.15) is 0 Å². The average molecular weight is 504 g/mol. The highest BCUT2D eigenvalue weighted by atomic mass is 35.5. The van der Waals surface area contributed by atoms with E-state index in [1.54, 1.807) is 18.7 Å². The topological polar surface area (TPSA) is 66.0 Å². The van der Waals surface area contributed by atoms with Gasteiger partial charge >= 0.3 is 5.97 Å². The van der Waals surface area contributed by atoms with Crippen LogP contribution in [0.1, 0.15) is 56.6 Å². The highest BCUT2D eigenvalue weighted by molar-refractivity contribution is 5.86. The van der Waals surface area contributed by atoms with Crippen molar-refractivity contribution in [1.82, 2.24) is 9.97 Å². The minimum absolute atomic E-state index is 0. The van der Waals surface area contributed by atoms with Crippen LogP contribution in [0.15, 0.2) is 67.3 Å². The Bertz CT molecular complexity index is 781. The summed E-state index contributed by atoms with van der Waals surface area (Å²) in [7, 11) is 0. The number of rotatable bonds is 7. The van der Waals surface area contributed by atoms with Crippen molar-refractivity contribution in [2.45, 2.75) is 59.3 Å². The standard InChI is InChI=1S/C14H14.C8H16O2.C3H4N2.3ClH/c1-11-7-6-10-14(12(11)2)13-8-4-3-5-9-13;1-2-3-4-5-6-7-8(9)10;1-2-5-3-4-1;;;/h3-10H,1-2H3;2-7H2,1H3,(H,9,10);1-3H,(H,4,5);3*1H. The molecule has 180 valence electrons. The number of nitrogens with zero attached hydrogens (tertiary/aromatic N) is 1. The molecule has 3 aromatic rings. The molecule has 3 rings (SSSR count). The zero-order valence-electron chi connectivity index (χ0n) is 19.1. The van der Waals surface area contributed by atoms with Crippen molar-refractivity contribution in [3.05, 3.63) is 78.4 Å². The molecular weight excluding hydrogens is 467 g/mol. The molecule has 0 fully saturated rings. The van der Waals surface area contributed by atoms with E-state index in [1.807, 2.05) is 0 Å². The SMILES string of the molecule is CCCCCCCC(=O)O.Cc1cccc(-c2ccccc2)c1C.Cl.Cl.Cl.c1c[nH]cn1. The maximum absolute atomic E-state index is 10.0. The number of nitrogens with one attached hydrogen (secondary N) is 1. The summed E-state index contributed by atoms with van der Waals surface area (Å²) < 4.78 is 0. The van der Waals surface area contributed by atoms with E-state index in [2.05, 4.69) is 79.3 Å². The highest BCUT2D eigenvalue weighted by Gasteiger charge is 2.01. The van der Waals surface area contributed by atoms with E-state index in [1.165, 1.54) is 41.5 Å². The fourth-order valence-corrected chi connectivity index (χ4v) is 2.78. The smallest absolute Gasteiger partial charge is 0.303 e. The number of H-pyrrole nitrogens is 1. The number of aryl methyl sites for hydroxylation is 1. The third-order valence-electron chi connectivity index (χ3n) is 4.59. The fraction of sp³-hybridized carbons (Fsp3) is 0.360. The Morgan fingerprint density at radius 2 is 1.56 bits per heavy atom. The van der Waals surface area contributed by atoms with Crippen LogP contribution in [0, 0.1) is 13.8 Å². The fourth-order valence-electron chi connectivity index (χ4n) is 2.78. The molecule has 1 aromatic heterocycles. The first-order valence-electron chi connectivity index (χ1n) is 10.3. The van der Waals surface area contributed by atoms with Crippen molar-refractivity contribution in [3.8, 4) is 11.1 Å². The van der Waals surface area contributed by atoms with Gasteiger partial charge in [0.15, 0.2) is 0 Å². The van der Waals surface area contributed by atoms with Gasteiger partial charge in [0.05, 0.1) is 6.33 Å². The molecule has 0 amide bonds. The lowest BCUT2D eigenvalue weighted by Crippen LogP contribution is -1.93. The molecule has 0 saturated heterocycles. The molecule has 1 heterocycles. The molecule has 4 nitrogen and oxygen atoms in total. The molecular formula is C25H37Cl3N2O2. The Kier molecular flexibility index (Phi) is 24.0. The molecule has 0 bridgehead atoms. The zero-order chi connectivity index (χ0) is 21.3. The third-order valence-corrected chi connectivity index (χ3v) is 4.59. The van der Waals surface area contributed by atoms with Gasteiger partial charge in [0.25, 0.3) is 0 Å². The van der Waals surface area contributed by atoms with E-state index in [0.717, 1.165) is 12.8 Å². The average Bonchev–Trinajstić information content (AvgIpc) is 3.31. The predicted molar refractivity (Wildman–Crippen MR) is 143 cm³/mol. The van der Waals surface area contributed by atoms with E-state index >= 15 is 0 Å². The molecule has 0 radical (unpaired) electrons. The number of aromatic amines is 1. The van der Waals surface area contributed by atoms with E-state index in [9.17, 15) is 4.79 Å². The van der Waals surface area contributed by atoms with Gasteiger partial charge in [0, 0.05) is 18.8 Å². The molecule has 2 N–H and O–H groups in total. The predicted octanol–water partition coefficient (Wildman–Crippen LogP) is 8.08. The van der Waals surface area contributed by atoms with Gasteiger partial charge in [-0.15, -0.1) is 37.2 Å². The van der Waals surface area contributed by atoms with Crippen molar-refractivity contribution in [2.75, 3.05) is 0 Å². The minimum atomic E-state index is -0.670. The second-order valence-corrected chi connectivity index (χ2v) is 6.93. The molecule has 0 aliphatic carbocycles. The number of halogens is 3. The zero-order valence-corrected chi connectivity index (χ0v) is 21.6. The van der Waals surface area contributed by atoms with Crippen molar-refractivity contribution in [3.63, 3.8) is 0 Å². The molecule has 32 heavy (non-hydrogen) atoms. The molecule has 2 aromatic carbocycles. The first-order chi connectivity index (χ1) is 14.1. The number of unbranched alkanes of at least 4 members (excludes halogenated alkanes) is 4. The lowest BCUT2D eigenvalue weighted by molar-refractivity contribution is -0.137. The first kappa shape index (κ1) is 34.6. The van der Waals surface area contributed by atoms with E-state index in [-0.39, 0.29) is 37.2 Å². The number of carboxylic acids is 1. The van der Waals surface area contributed by atoms with Crippen molar-refractivity contribution in [1.29, 1.82) is 0 Å². The Morgan fingerprint density at radius 3 is 2.06 bits per heavy atom. The number of benzene rings is 2. The van der Waals surface area contributed by atoms with Crippen LogP contribution < -0.4 is 0 Å². The van der Waals surface area contributed by atoms with Crippen LogP contribution in [0.5, 0.6) is 0 Å². The van der Waals surface area contributed by atoms with Crippen LogP contribution in [0.4, 0.5) is 0 Å². The molecule has 0 spiro atoms. The third kappa shape index (κ3) is 15.7. The second-order valence-electron chi connectivity index (χ2n) is 6.93. The first-order valence-corrected chi connectivity index (χ1v) is 10.3. The molecule has 0 unspecified atom stereocenters. The summed E-state index contributed by atoms with van der Waals surface area (Å²) in [6.45, 7) is 6.48. The Morgan fingerprint density at radius 1 is 0.906 bits per heavy atom. The highest BCUT2D eigenvalue weighted by Crippen LogP contribution is 2.24. The summed E-state index contributed by atoms with van der Waals surface area (Å²) in [5, 5.41) is 8.27. The van der Waals surface area contributed by atoms with Gasteiger partial charge in [-0.05, 0) is 42.5 Å². The van der Waals surface area contributed by atoms with E-state index < -0.39 is 5.97 Å². The van der Waals surface area contributed by atoms with Crippen LogP contribution >= 0.6 is 37.2 Å². The number of hydrogen-bond acceptors (Lipinski definition) is 2. The summed E-state index contributed by atoms with van der Waals surface area (Å²) in [6, 6.07) is 17.0. The van der Waals surface area contributed by atoms with Crippen LogP contribution in [0.3, 0.4) is 0 Å². The number of imidazole rings is 1. The summed E-state index contributed by atoms with van der Waals surface area (Å²) in [5.41, 5.74) is 5.37. The molecule has 0 aliphatic rings. The Balaban J connectivity index is -0.000000414. The molecule has 0 saturated carbocycles. The second kappa shape index (κ2) is 22.2. The van der Waals surface area contributed by atoms with Crippen LogP contribution in [0.25, 0.3) is 11.1 Å². The Hall–Kier alpha value is -2.01. The molecule has 0 atom stereocenters. The van der Waals surface area contributed by atoms with Gasteiger partial charge in [-0.3, -0.25) is 4.79 Å². The summed E-state index contributed by atoms with van der Waals surface area (Å²) >= 11 is 0. The van der Waals surface area contributed by atoms with Gasteiger partial charge in [-0.25, -0.2) is 4.98 Å². The number of carboxylic acid groups (broad SMARTS) is 1. The maximum Gasteiger partial charge on any atom is 0.303 e. The molecule has 7 heteroatoms. The summed E-state index contributed by atoms with van der Waals surface area (Å²) in [4.78, 5) is 16.4. The van der Waals surface area contributed by atoms with Gasteiger partial charge in [-0.2, -0.15) is 0 Å². The number of carbonyl (C=O) groups is 1. The van der Waals surface area contributed by atoms with E-state index in [4.69, 9.17) is 5.11 Å². The van der Waals surface area contributed by atoms with Crippen LogP contribution in [0.2, 0.25) is 0 Å².